The van der Waals surface area contributed by atoms with Gasteiger partial charge in [-0.15, -0.1) is 0 Å². The Labute approximate surface area is 142 Å². The lowest BCUT2D eigenvalue weighted by molar-refractivity contribution is 0.282. The number of imidazole rings is 1. The highest BCUT2D eigenvalue weighted by atomic mass is 16.5. The first-order valence-corrected chi connectivity index (χ1v) is 8.32. The second kappa shape index (κ2) is 7.34. The van der Waals surface area contributed by atoms with E-state index in [0.717, 1.165) is 23.4 Å². The van der Waals surface area contributed by atoms with Gasteiger partial charge in [0.1, 0.15) is 23.9 Å². The van der Waals surface area contributed by atoms with Crippen LogP contribution in [0.2, 0.25) is 0 Å². The van der Waals surface area contributed by atoms with Gasteiger partial charge in [-0.25, -0.2) is 4.98 Å². The van der Waals surface area contributed by atoms with Gasteiger partial charge < -0.3 is 14.0 Å². The van der Waals surface area contributed by atoms with Crippen molar-refractivity contribution in [1.82, 2.24) is 14.5 Å². The Morgan fingerprint density at radius 3 is 2.58 bits per heavy atom. The highest BCUT2D eigenvalue weighted by Crippen LogP contribution is 2.21. The lowest BCUT2D eigenvalue weighted by Crippen LogP contribution is -2.11. The van der Waals surface area contributed by atoms with Gasteiger partial charge in [-0.05, 0) is 25.0 Å². The third-order valence-corrected chi connectivity index (χ3v) is 3.65. The van der Waals surface area contributed by atoms with Gasteiger partial charge in [-0.1, -0.05) is 26.0 Å². The largest absolute Gasteiger partial charge is 0.492 e. The smallest absolute Gasteiger partial charge is 0.148 e. The number of nitrogens with zero attached hydrogens (tertiary/aromatic N) is 3. The summed E-state index contributed by atoms with van der Waals surface area (Å²) in [5, 5.41) is 0. The van der Waals surface area contributed by atoms with E-state index in [1.807, 2.05) is 31.2 Å². The van der Waals surface area contributed by atoms with E-state index in [4.69, 9.17) is 14.5 Å². The average molecular weight is 325 g/mol. The summed E-state index contributed by atoms with van der Waals surface area (Å²) < 4.78 is 13.6. The molecule has 0 radical (unpaired) electrons. The molecule has 0 fully saturated rings. The first kappa shape index (κ1) is 16.3. The molecule has 5 heteroatoms. The van der Waals surface area contributed by atoms with Crippen LogP contribution in [0.15, 0.2) is 42.7 Å². The number of rotatable bonds is 7. The molecule has 1 aromatic carbocycles. The number of hydrogen-bond acceptors (Lipinski definition) is 4. The Kier molecular flexibility index (Phi) is 4.99. The fourth-order valence-corrected chi connectivity index (χ4v) is 2.68. The zero-order valence-corrected chi connectivity index (χ0v) is 14.4. The van der Waals surface area contributed by atoms with Gasteiger partial charge in [0, 0.05) is 12.6 Å². The Morgan fingerprint density at radius 1 is 1.08 bits per heavy atom. The number of hydrogen-bond donors (Lipinski definition) is 0. The van der Waals surface area contributed by atoms with Gasteiger partial charge in [0.15, 0.2) is 0 Å². The predicted octanol–water partition coefficient (Wildman–Crippen LogP) is 4.07. The number of ether oxygens (including phenoxy) is 2. The molecule has 0 atom stereocenters. The second-order valence-corrected chi connectivity index (χ2v) is 6.10. The number of fused-ring (bicyclic) bond motifs is 1. The van der Waals surface area contributed by atoms with Crippen LogP contribution in [0.25, 0.3) is 11.0 Å². The maximum absolute atomic E-state index is 5.91. The van der Waals surface area contributed by atoms with Crippen LogP contribution < -0.4 is 9.47 Å². The van der Waals surface area contributed by atoms with Crippen molar-refractivity contribution < 1.29 is 9.47 Å². The molecule has 2 aromatic heterocycles. The van der Waals surface area contributed by atoms with Crippen molar-refractivity contribution >= 4 is 11.0 Å². The van der Waals surface area contributed by atoms with Gasteiger partial charge in [0.25, 0.3) is 0 Å². The van der Waals surface area contributed by atoms with Crippen LogP contribution in [0.3, 0.4) is 0 Å². The minimum atomic E-state index is 0.401. The first-order chi connectivity index (χ1) is 11.7. The number of benzene rings is 1. The molecule has 0 aliphatic heterocycles. The summed E-state index contributed by atoms with van der Waals surface area (Å²) in [6.45, 7) is 8.27. The van der Waals surface area contributed by atoms with Crippen molar-refractivity contribution in [3.05, 3.63) is 48.5 Å². The number of para-hydroxylation sites is 2. The summed E-state index contributed by atoms with van der Waals surface area (Å²) in [6.07, 6.45) is 3.38. The fourth-order valence-electron chi connectivity index (χ4n) is 2.68. The van der Waals surface area contributed by atoms with Crippen LogP contribution in [0.5, 0.6) is 11.5 Å². The standard InChI is InChI=1S/C19H23N3O2/c1-4-23-15-9-16(11-20-10-15)24-13-19-21-17-7-5-6-8-18(17)22(19)12-14(2)3/h5-11,14H,4,12-13H2,1-3H3. The van der Waals surface area contributed by atoms with E-state index in [0.29, 0.717) is 30.6 Å². The van der Waals surface area contributed by atoms with Crippen LogP contribution in [-0.4, -0.2) is 21.1 Å². The van der Waals surface area contributed by atoms with E-state index in [-0.39, 0.29) is 0 Å². The lowest BCUT2D eigenvalue weighted by atomic mass is 10.2. The third-order valence-electron chi connectivity index (χ3n) is 3.65. The summed E-state index contributed by atoms with van der Waals surface area (Å²) >= 11 is 0. The van der Waals surface area contributed by atoms with E-state index >= 15 is 0 Å². The molecule has 0 spiro atoms. The summed E-state index contributed by atoms with van der Waals surface area (Å²) in [7, 11) is 0. The van der Waals surface area contributed by atoms with E-state index in [1.54, 1.807) is 12.4 Å². The maximum Gasteiger partial charge on any atom is 0.148 e. The quantitative estimate of drug-likeness (QED) is 0.657. The molecule has 3 aromatic rings. The molecule has 0 amide bonds. The van der Waals surface area contributed by atoms with E-state index in [1.165, 1.54) is 0 Å². The molecule has 0 saturated carbocycles. The average Bonchev–Trinajstić information content (AvgIpc) is 2.91. The van der Waals surface area contributed by atoms with Crippen molar-refractivity contribution in [2.24, 2.45) is 5.92 Å². The van der Waals surface area contributed by atoms with Crippen molar-refractivity contribution in [2.45, 2.75) is 33.9 Å². The second-order valence-electron chi connectivity index (χ2n) is 6.10. The summed E-state index contributed by atoms with van der Waals surface area (Å²) in [5.74, 6) is 2.85. The van der Waals surface area contributed by atoms with E-state index < -0.39 is 0 Å². The molecular weight excluding hydrogens is 302 g/mol. The van der Waals surface area contributed by atoms with Crippen LogP contribution in [0, 0.1) is 5.92 Å². The molecule has 126 valence electrons. The molecule has 2 heterocycles. The normalized spacial score (nSPS) is 11.2. The van der Waals surface area contributed by atoms with Gasteiger partial charge in [0.05, 0.1) is 30.0 Å². The fraction of sp³-hybridized carbons (Fsp3) is 0.368. The SMILES string of the molecule is CCOc1cncc(OCc2nc3ccccc3n2CC(C)C)c1. The third kappa shape index (κ3) is 3.67. The highest BCUT2D eigenvalue weighted by Gasteiger charge is 2.12. The van der Waals surface area contributed by atoms with E-state index in [9.17, 15) is 0 Å². The monoisotopic (exact) mass is 325 g/mol. The molecule has 0 saturated heterocycles. The topological polar surface area (TPSA) is 49.2 Å². The van der Waals surface area contributed by atoms with Crippen LogP contribution in [-0.2, 0) is 13.2 Å². The van der Waals surface area contributed by atoms with Crippen molar-refractivity contribution in [1.29, 1.82) is 0 Å². The van der Waals surface area contributed by atoms with Crippen molar-refractivity contribution in [3.8, 4) is 11.5 Å². The lowest BCUT2D eigenvalue weighted by Gasteiger charge is -2.12. The summed E-state index contributed by atoms with van der Waals surface area (Å²) in [5.41, 5.74) is 2.14. The molecule has 24 heavy (non-hydrogen) atoms. The molecule has 0 unspecified atom stereocenters. The number of aromatic nitrogens is 3. The van der Waals surface area contributed by atoms with Gasteiger partial charge in [-0.2, -0.15) is 0 Å². The molecule has 0 aliphatic carbocycles. The van der Waals surface area contributed by atoms with Crippen molar-refractivity contribution in [2.75, 3.05) is 6.61 Å². The Morgan fingerprint density at radius 2 is 1.83 bits per heavy atom. The Bertz CT molecular complexity index is 811. The van der Waals surface area contributed by atoms with Crippen LogP contribution >= 0.6 is 0 Å². The molecule has 5 nitrogen and oxygen atoms in total. The molecule has 3 rings (SSSR count). The molecule has 0 aliphatic rings. The van der Waals surface area contributed by atoms with Crippen LogP contribution in [0.1, 0.15) is 26.6 Å². The summed E-state index contributed by atoms with van der Waals surface area (Å²) in [6, 6.07) is 10.0. The summed E-state index contributed by atoms with van der Waals surface area (Å²) in [4.78, 5) is 8.88. The van der Waals surface area contributed by atoms with Gasteiger partial charge in [-0.3, -0.25) is 4.98 Å². The highest BCUT2D eigenvalue weighted by molar-refractivity contribution is 5.75. The maximum atomic E-state index is 5.91. The molecular formula is C19H23N3O2. The van der Waals surface area contributed by atoms with Gasteiger partial charge in [0.2, 0.25) is 0 Å². The van der Waals surface area contributed by atoms with Crippen LogP contribution in [0.4, 0.5) is 0 Å². The first-order valence-electron chi connectivity index (χ1n) is 8.32. The van der Waals surface area contributed by atoms with Gasteiger partial charge >= 0.3 is 0 Å². The predicted molar refractivity (Wildman–Crippen MR) is 94.3 cm³/mol. The molecule has 0 bridgehead atoms. The molecule has 0 N–H and O–H groups in total. The minimum absolute atomic E-state index is 0.401. The van der Waals surface area contributed by atoms with E-state index in [2.05, 4.69) is 29.5 Å². The zero-order chi connectivity index (χ0) is 16.9. The Hall–Kier alpha value is -2.56. The Balaban J connectivity index is 1.83. The van der Waals surface area contributed by atoms with Crippen molar-refractivity contribution in [3.63, 3.8) is 0 Å². The number of pyridine rings is 1. The minimum Gasteiger partial charge on any atom is -0.492 e. The zero-order valence-electron chi connectivity index (χ0n) is 14.4.